The van der Waals surface area contributed by atoms with E-state index in [0.29, 0.717) is 16.4 Å². The summed E-state index contributed by atoms with van der Waals surface area (Å²) in [6.45, 7) is -0.866. The summed E-state index contributed by atoms with van der Waals surface area (Å²) >= 11 is 2.68. The number of sulfonamides is 1. The molecule has 0 N–H and O–H groups in total. The van der Waals surface area contributed by atoms with Crippen LogP contribution < -0.4 is 0 Å². The third kappa shape index (κ3) is 4.13. The molecule has 0 spiro atoms. The predicted octanol–water partition coefficient (Wildman–Crippen LogP) is 3.30. The molecule has 0 saturated heterocycles. The first-order chi connectivity index (χ1) is 8.95. The number of nitrogens with zero attached hydrogens (tertiary/aromatic N) is 1. The van der Waals surface area contributed by atoms with E-state index >= 15 is 0 Å². The van der Waals surface area contributed by atoms with E-state index in [2.05, 4.69) is 15.9 Å². The van der Waals surface area contributed by atoms with Crippen molar-refractivity contribution in [1.82, 2.24) is 4.31 Å². The molecule has 0 heterocycles. The second kappa shape index (κ2) is 5.94. The van der Waals surface area contributed by atoms with Gasteiger partial charge >= 0.3 is 6.18 Å². The van der Waals surface area contributed by atoms with Crippen LogP contribution in [0.15, 0.2) is 21.5 Å². The van der Waals surface area contributed by atoms with Gasteiger partial charge in [-0.2, -0.15) is 13.2 Å². The number of hydrogen-bond acceptors (Lipinski definition) is 2. The van der Waals surface area contributed by atoms with Crippen molar-refractivity contribution in [1.29, 1.82) is 0 Å². The summed E-state index contributed by atoms with van der Waals surface area (Å²) in [5.41, 5.74) is 0. The van der Waals surface area contributed by atoms with Crippen LogP contribution in [0.2, 0.25) is 0 Å². The van der Waals surface area contributed by atoms with E-state index in [1.165, 1.54) is 0 Å². The van der Waals surface area contributed by atoms with Crippen molar-refractivity contribution in [2.45, 2.75) is 17.5 Å². The Morgan fingerprint density at radius 2 is 1.80 bits per heavy atom. The van der Waals surface area contributed by atoms with Gasteiger partial charge in [-0.25, -0.2) is 21.5 Å². The highest BCUT2D eigenvalue weighted by Crippen LogP contribution is 2.29. The van der Waals surface area contributed by atoms with Gasteiger partial charge in [-0.3, -0.25) is 0 Å². The van der Waals surface area contributed by atoms with Crippen molar-refractivity contribution in [2.75, 3.05) is 13.6 Å². The summed E-state index contributed by atoms with van der Waals surface area (Å²) in [6, 6.07) is 1.06. The molecule has 0 radical (unpaired) electrons. The van der Waals surface area contributed by atoms with Gasteiger partial charge in [-0.15, -0.1) is 0 Å². The first-order valence-electron chi connectivity index (χ1n) is 5.13. The van der Waals surface area contributed by atoms with E-state index < -0.39 is 50.2 Å². The van der Waals surface area contributed by atoms with Gasteiger partial charge in [0.15, 0.2) is 0 Å². The van der Waals surface area contributed by atoms with Crippen molar-refractivity contribution < 1.29 is 30.4 Å². The summed E-state index contributed by atoms with van der Waals surface area (Å²) in [7, 11) is -3.61. The lowest BCUT2D eigenvalue weighted by Crippen LogP contribution is -2.31. The van der Waals surface area contributed by atoms with Gasteiger partial charge in [0, 0.05) is 24.1 Å². The molecule has 0 aliphatic rings. The van der Waals surface area contributed by atoms with Crippen molar-refractivity contribution in [3.63, 3.8) is 0 Å². The molecular weight excluding hydrogens is 373 g/mol. The molecule has 1 aromatic rings. The fourth-order valence-corrected chi connectivity index (χ4v) is 3.61. The van der Waals surface area contributed by atoms with E-state index in [4.69, 9.17) is 0 Å². The minimum Gasteiger partial charge on any atom is -0.207 e. The van der Waals surface area contributed by atoms with E-state index in [0.717, 1.165) is 7.05 Å². The summed E-state index contributed by atoms with van der Waals surface area (Å²) < 4.78 is 86.5. The quantitative estimate of drug-likeness (QED) is 0.750. The Morgan fingerprint density at radius 1 is 1.25 bits per heavy atom. The maximum Gasteiger partial charge on any atom is 0.390 e. The van der Waals surface area contributed by atoms with Crippen LogP contribution in [-0.4, -0.2) is 32.5 Å². The number of rotatable bonds is 4. The topological polar surface area (TPSA) is 37.4 Å². The highest BCUT2D eigenvalue weighted by atomic mass is 79.9. The largest absolute Gasteiger partial charge is 0.390 e. The molecule has 0 aromatic heterocycles. The van der Waals surface area contributed by atoms with Crippen molar-refractivity contribution in [3.8, 4) is 0 Å². The van der Waals surface area contributed by atoms with Crippen LogP contribution in [0.4, 0.5) is 22.0 Å². The van der Waals surface area contributed by atoms with E-state index in [1.807, 2.05) is 0 Å². The Labute approximate surface area is 120 Å². The number of hydrogen-bond donors (Lipinski definition) is 0. The van der Waals surface area contributed by atoms with E-state index in [-0.39, 0.29) is 0 Å². The van der Waals surface area contributed by atoms with Crippen molar-refractivity contribution in [3.05, 3.63) is 28.2 Å². The molecule has 20 heavy (non-hydrogen) atoms. The van der Waals surface area contributed by atoms with Gasteiger partial charge < -0.3 is 0 Å². The van der Waals surface area contributed by atoms with Gasteiger partial charge in [-0.1, -0.05) is 0 Å². The zero-order valence-corrected chi connectivity index (χ0v) is 12.4. The van der Waals surface area contributed by atoms with E-state index in [9.17, 15) is 30.4 Å². The third-order valence-corrected chi connectivity index (χ3v) is 5.16. The third-order valence-electron chi connectivity index (χ3n) is 2.34. The number of halogens is 6. The molecule has 3 nitrogen and oxygen atoms in total. The molecule has 0 saturated carbocycles. The van der Waals surface area contributed by atoms with Gasteiger partial charge in [0.25, 0.3) is 0 Å². The molecule has 1 rings (SSSR count). The first kappa shape index (κ1) is 17.3. The fraction of sp³-hybridized carbons (Fsp3) is 0.400. The highest BCUT2D eigenvalue weighted by Gasteiger charge is 2.32. The maximum atomic E-state index is 13.5. The summed E-state index contributed by atoms with van der Waals surface area (Å²) in [6.07, 6.45) is -5.91. The smallest absolute Gasteiger partial charge is 0.207 e. The Hall–Kier alpha value is -0.740. The first-order valence-corrected chi connectivity index (χ1v) is 7.36. The van der Waals surface area contributed by atoms with Crippen LogP contribution >= 0.6 is 15.9 Å². The second-order valence-corrected chi connectivity index (χ2v) is 6.73. The standard InChI is InChI=1S/C10H9BrF5NO2S/c1-17(3-2-10(14,15)16)20(18,19)9-7(11)4-6(12)5-8(9)13/h4-5H,2-3H2,1H3. The predicted molar refractivity (Wildman–Crippen MR) is 64.5 cm³/mol. The Kier molecular flexibility index (Phi) is 5.14. The van der Waals surface area contributed by atoms with E-state index in [1.54, 1.807) is 0 Å². The highest BCUT2D eigenvalue weighted by molar-refractivity contribution is 9.10. The molecule has 0 atom stereocenters. The minimum atomic E-state index is -4.54. The maximum absolute atomic E-state index is 13.5. The molecule has 0 aliphatic heterocycles. The summed E-state index contributed by atoms with van der Waals surface area (Å²) in [5.74, 6) is -2.39. The van der Waals surface area contributed by atoms with Crippen LogP contribution in [0.25, 0.3) is 0 Å². The minimum absolute atomic E-state index is 0.343. The molecule has 0 bridgehead atoms. The normalized spacial score (nSPS) is 13.0. The van der Waals surface area contributed by atoms with Gasteiger partial charge in [-0.05, 0) is 22.0 Å². The molecule has 1 aromatic carbocycles. The van der Waals surface area contributed by atoms with Gasteiger partial charge in [0.05, 0.1) is 6.42 Å². The molecule has 10 heteroatoms. The molecular formula is C10H9BrF5NO2S. The monoisotopic (exact) mass is 381 g/mol. The second-order valence-electron chi connectivity index (χ2n) is 3.89. The molecule has 114 valence electrons. The fourth-order valence-electron chi connectivity index (χ4n) is 1.34. The van der Waals surface area contributed by atoms with Crippen LogP contribution in [-0.2, 0) is 10.0 Å². The lowest BCUT2D eigenvalue weighted by atomic mass is 10.3. The van der Waals surface area contributed by atoms with Crippen LogP contribution in [0, 0.1) is 11.6 Å². The average Bonchev–Trinajstić information content (AvgIpc) is 2.22. The Bertz CT molecular complexity index is 579. The van der Waals surface area contributed by atoms with Crippen LogP contribution in [0.3, 0.4) is 0 Å². The molecule has 0 aliphatic carbocycles. The molecule has 0 fully saturated rings. The summed E-state index contributed by atoms with van der Waals surface area (Å²) in [5, 5.41) is 0. The Balaban J connectivity index is 3.11. The van der Waals surface area contributed by atoms with Crippen LogP contribution in [0.5, 0.6) is 0 Å². The zero-order valence-electron chi connectivity index (χ0n) is 10.0. The van der Waals surface area contributed by atoms with Crippen molar-refractivity contribution in [2.24, 2.45) is 0 Å². The van der Waals surface area contributed by atoms with Gasteiger partial charge in [0.2, 0.25) is 10.0 Å². The molecule has 0 amide bonds. The Morgan fingerprint density at radius 3 is 2.25 bits per heavy atom. The number of alkyl halides is 3. The molecule has 0 unspecified atom stereocenters. The lowest BCUT2D eigenvalue weighted by Gasteiger charge is -2.19. The van der Waals surface area contributed by atoms with Gasteiger partial charge in [0.1, 0.15) is 16.5 Å². The number of benzene rings is 1. The SMILES string of the molecule is CN(CCC(F)(F)F)S(=O)(=O)c1c(F)cc(F)cc1Br. The zero-order chi connectivity index (χ0) is 15.7. The van der Waals surface area contributed by atoms with Crippen LogP contribution in [0.1, 0.15) is 6.42 Å². The average molecular weight is 382 g/mol. The summed E-state index contributed by atoms with van der Waals surface area (Å²) in [4.78, 5) is -0.899. The lowest BCUT2D eigenvalue weighted by molar-refractivity contribution is -0.135. The van der Waals surface area contributed by atoms with Crippen molar-refractivity contribution >= 4 is 26.0 Å².